The molecule has 18 heavy (non-hydrogen) atoms. The largest absolute Gasteiger partial charge is 0.373 e. The minimum Gasteiger partial charge on any atom is -0.373 e. The van der Waals surface area contributed by atoms with Crippen LogP contribution in [0.25, 0.3) is 0 Å². The molecule has 7 heteroatoms. The van der Waals surface area contributed by atoms with Crippen LogP contribution in [0.5, 0.6) is 0 Å². The summed E-state index contributed by atoms with van der Waals surface area (Å²) in [5.74, 6) is 0.0126. The van der Waals surface area contributed by atoms with Gasteiger partial charge in [-0.3, -0.25) is 4.79 Å². The maximum absolute atomic E-state index is 12.1. The van der Waals surface area contributed by atoms with Crippen LogP contribution in [0.2, 0.25) is 5.02 Å². The molecule has 0 fully saturated rings. The Kier molecular flexibility index (Phi) is 4.91. The molecule has 1 N–H and O–H groups in total. The molecule has 0 bridgehead atoms. The van der Waals surface area contributed by atoms with E-state index in [1.54, 1.807) is 7.05 Å². The number of nitriles is 2. The molecule has 1 amide bonds. The van der Waals surface area contributed by atoms with Gasteiger partial charge in [-0.2, -0.15) is 10.5 Å². The van der Waals surface area contributed by atoms with Gasteiger partial charge in [-0.05, 0) is 6.07 Å². The number of aromatic nitrogens is 1. The molecule has 0 atom stereocenters. The second kappa shape index (κ2) is 6.43. The van der Waals surface area contributed by atoms with Crippen molar-refractivity contribution in [1.82, 2.24) is 9.88 Å². The fourth-order valence-electron chi connectivity index (χ4n) is 1.28. The maximum Gasteiger partial charge on any atom is 0.257 e. The van der Waals surface area contributed by atoms with E-state index in [1.165, 1.54) is 12.3 Å². The van der Waals surface area contributed by atoms with Crippen molar-refractivity contribution in [3.63, 3.8) is 0 Å². The number of amides is 1. The molecule has 0 aliphatic heterocycles. The van der Waals surface area contributed by atoms with Gasteiger partial charge in [0.05, 0.1) is 22.7 Å². The molecule has 0 saturated carbocycles. The molecular formula is C11H10ClN5O. The van der Waals surface area contributed by atoms with Gasteiger partial charge >= 0.3 is 0 Å². The topological polar surface area (TPSA) is 92.8 Å². The van der Waals surface area contributed by atoms with Crippen LogP contribution in [0.3, 0.4) is 0 Å². The highest BCUT2D eigenvalue weighted by molar-refractivity contribution is 6.33. The van der Waals surface area contributed by atoms with Crippen molar-refractivity contribution < 1.29 is 4.79 Å². The monoisotopic (exact) mass is 263 g/mol. The van der Waals surface area contributed by atoms with Crippen molar-refractivity contribution in [2.24, 2.45) is 0 Å². The number of anilines is 1. The van der Waals surface area contributed by atoms with E-state index in [0.29, 0.717) is 5.82 Å². The van der Waals surface area contributed by atoms with Crippen LogP contribution < -0.4 is 5.32 Å². The fraction of sp³-hybridized carbons (Fsp3) is 0.273. The van der Waals surface area contributed by atoms with E-state index >= 15 is 0 Å². The van der Waals surface area contributed by atoms with Crippen molar-refractivity contribution in [3.8, 4) is 12.1 Å². The van der Waals surface area contributed by atoms with E-state index in [-0.39, 0.29) is 23.7 Å². The lowest BCUT2D eigenvalue weighted by Crippen LogP contribution is -2.32. The third-order valence-electron chi connectivity index (χ3n) is 2.15. The first-order valence-corrected chi connectivity index (χ1v) is 5.38. The number of carbonyl (C=O) groups excluding carboxylic acids is 1. The first-order chi connectivity index (χ1) is 8.63. The van der Waals surface area contributed by atoms with Gasteiger partial charge in [0.15, 0.2) is 0 Å². The molecule has 92 valence electrons. The maximum atomic E-state index is 12.1. The third kappa shape index (κ3) is 3.09. The number of nitrogens with zero attached hydrogens (tertiary/aromatic N) is 4. The second-order valence-electron chi connectivity index (χ2n) is 3.28. The molecular weight excluding hydrogens is 254 g/mol. The van der Waals surface area contributed by atoms with Crippen molar-refractivity contribution in [2.45, 2.75) is 0 Å². The zero-order chi connectivity index (χ0) is 13.5. The molecule has 0 aliphatic rings. The van der Waals surface area contributed by atoms with E-state index in [9.17, 15) is 4.79 Å². The lowest BCUT2D eigenvalue weighted by Gasteiger charge is -2.16. The van der Waals surface area contributed by atoms with Gasteiger partial charge in [-0.15, -0.1) is 0 Å². The van der Waals surface area contributed by atoms with Crippen LogP contribution in [-0.4, -0.2) is 35.9 Å². The number of hydrogen-bond donors (Lipinski definition) is 1. The Morgan fingerprint density at radius 1 is 1.50 bits per heavy atom. The Labute approximate surface area is 109 Å². The Hall–Kier alpha value is -2.31. The predicted octanol–water partition coefficient (Wildman–Crippen LogP) is 1.27. The summed E-state index contributed by atoms with van der Waals surface area (Å²) in [6.45, 7) is -0.333. The lowest BCUT2D eigenvalue weighted by molar-refractivity contribution is 0.0795. The predicted molar refractivity (Wildman–Crippen MR) is 65.9 cm³/mol. The number of rotatable bonds is 4. The van der Waals surface area contributed by atoms with E-state index in [1.807, 2.05) is 12.1 Å². The van der Waals surface area contributed by atoms with E-state index in [0.717, 1.165) is 4.90 Å². The Bertz CT molecular complexity index is 515. The molecule has 0 spiro atoms. The Morgan fingerprint density at radius 3 is 2.61 bits per heavy atom. The highest BCUT2D eigenvalue weighted by atomic mass is 35.5. The minimum atomic E-state index is -0.470. The van der Waals surface area contributed by atoms with Gasteiger partial charge in [0.1, 0.15) is 18.9 Å². The molecule has 0 radical (unpaired) electrons. The normalized spacial score (nSPS) is 9.11. The summed E-state index contributed by atoms with van der Waals surface area (Å²) < 4.78 is 0. The number of halogens is 1. The summed E-state index contributed by atoms with van der Waals surface area (Å²) in [5.41, 5.74) is 0.210. The van der Waals surface area contributed by atoms with Gasteiger partial charge in [0, 0.05) is 13.2 Å². The second-order valence-corrected chi connectivity index (χ2v) is 3.68. The molecule has 0 aromatic carbocycles. The van der Waals surface area contributed by atoms with Gasteiger partial charge in [-0.25, -0.2) is 4.98 Å². The molecule has 1 rings (SSSR count). The zero-order valence-electron chi connectivity index (χ0n) is 9.64. The number of nitrogens with one attached hydrogen (secondary N) is 1. The average Bonchev–Trinajstić information content (AvgIpc) is 2.38. The molecule has 0 aliphatic carbocycles. The van der Waals surface area contributed by atoms with E-state index < -0.39 is 5.91 Å². The Morgan fingerprint density at radius 2 is 2.11 bits per heavy atom. The summed E-state index contributed by atoms with van der Waals surface area (Å²) in [7, 11) is 1.66. The zero-order valence-corrected chi connectivity index (χ0v) is 10.4. The number of carbonyl (C=O) groups is 1. The molecule has 1 heterocycles. The first kappa shape index (κ1) is 13.8. The number of pyridine rings is 1. The summed E-state index contributed by atoms with van der Waals surface area (Å²) in [5, 5.41) is 20.2. The highest BCUT2D eigenvalue weighted by Crippen LogP contribution is 2.19. The van der Waals surface area contributed by atoms with Crippen LogP contribution in [-0.2, 0) is 0 Å². The molecule has 0 saturated heterocycles. The lowest BCUT2D eigenvalue weighted by atomic mass is 10.2. The minimum absolute atomic E-state index is 0.167. The van der Waals surface area contributed by atoms with Gasteiger partial charge < -0.3 is 10.2 Å². The van der Waals surface area contributed by atoms with Gasteiger partial charge in [-0.1, -0.05) is 11.6 Å². The number of hydrogen-bond acceptors (Lipinski definition) is 5. The SMILES string of the molecule is CNc1cc(C(=O)N(CC#N)CC#N)c(Cl)cn1. The van der Waals surface area contributed by atoms with Crippen molar-refractivity contribution in [2.75, 3.05) is 25.5 Å². The van der Waals surface area contributed by atoms with E-state index in [2.05, 4.69) is 10.3 Å². The fourth-order valence-corrected chi connectivity index (χ4v) is 1.46. The first-order valence-electron chi connectivity index (χ1n) is 5.00. The summed E-state index contributed by atoms with van der Waals surface area (Å²) in [4.78, 5) is 17.2. The molecule has 1 aromatic heterocycles. The highest BCUT2D eigenvalue weighted by Gasteiger charge is 2.18. The van der Waals surface area contributed by atoms with Crippen molar-refractivity contribution in [3.05, 3.63) is 22.8 Å². The Balaban J connectivity index is 3.08. The van der Waals surface area contributed by atoms with Crippen LogP contribution in [0.1, 0.15) is 10.4 Å². The third-order valence-corrected chi connectivity index (χ3v) is 2.45. The van der Waals surface area contributed by atoms with Crippen molar-refractivity contribution >= 4 is 23.3 Å². The van der Waals surface area contributed by atoms with Gasteiger partial charge in [0.25, 0.3) is 5.91 Å². The van der Waals surface area contributed by atoms with Crippen LogP contribution in [0.4, 0.5) is 5.82 Å². The summed E-state index contributed by atoms with van der Waals surface area (Å²) >= 11 is 5.89. The van der Waals surface area contributed by atoms with Crippen LogP contribution in [0.15, 0.2) is 12.3 Å². The quantitative estimate of drug-likeness (QED) is 0.826. The standard InChI is InChI=1S/C11H10ClN5O/c1-15-10-6-8(9(12)7-16-10)11(18)17(4-2-13)5-3-14/h6-7H,4-5H2,1H3,(H,15,16). The average molecular weight is 264 g/mol. The smallest absolute Gasteiger partial charge is 0.257 e. The molecule has 6 nitrogen and oxygen atoms in total. The summed E-state index contributed by atoms with van der Waals surface area (Å²) in [6, 6.07) is 5.14. The molecule has 0 unspecified atom stereocenters. The van der Waals surface area contributed by atoms with E-state index in [4.69, 9.17) is 22.1 Å². The summed E-state index contributed by atoms with van der Waals surface area (Å²) in [6.07, 6.45) is 1.34. The van der Waals surface area contributed by atoms with Crippen LogP contribution in [0, 0.1) is 22.7 Å². The van der Waals surface area contributed by atoms with Crippen LogP contribution >= 0.6 is 11.6 Å². The molecule has 1 aromatic rings. The van der Waals surface area contributed by atoms with Crippen molar-refractivity contribution in [1.29, 1.82) is 10.5 Å². The van der Waals surface area contributed by atoms with Gasteiger partial charge in [0.2, 0.25) is 0 Å².